The van der Waals surface area contributed by atoms with Crippen molar-refractivity contribution >= 4 is 5.91 Å². The van der Waals surface area contributed by atoms with E-state index in [2.05, 4.69) is 15.5 Å². The van der Waals surface area contributed by atoms with Crippen LogP contribution in [0.15, 0.2) is 18.2 Å². The van der Waals surface area contributed by atoms with Gasteiger partial charge >= 0.3 is 0 Å². The number of benzene rings is 1. The Hall–Kier alpha value is -2.44. The molecule has 2 N–H and O–H groups in total. The molecule has 0 aliphatic heterocycles. The van der Waals surface area contributed by atoms with Gasteiger partial charge in [-0.15, -0.1) is 0 Å². The molecule has 1 amide bonds. The number of halogens is 2. The van der Waals surface area contributed by atoms with Crippen LogP contribution in [-0.2, 0) is 12.8 Å². The maximum absolute atomic E-state index is 13.2. The molecule has 2 aromatic rings. The summed E-state index contributed by atoms with van der Waals surface area (Å²) in [6, 6.07) is 3.27. The Labute approximate surface area is 150 Å². The molecule has 2 aliphatic rings. The molecule has 1 saturated carbocycles. The molecule has 26 heavy (non-hydrogen) atoms. The second kappa shape index (κ2) is 7.05. The summed E-state index contributed by atoms with van der Waals surface area (Å²) in [5.74, 6) is -1.21. The van der Waals surface area contributed by atoms with Gasteiger partial charge in [0.25, 0.3) is 5.91 Å². The first-order valence-electron chi connectivity index (χ1n) is 9.08. The zero-order valence-electron chi connectivity index (χ0n) is 14.4. The predicted octanol–water partition coefficient (Wildman–Crippen LogP) is 3.30. The molecule has 5 nitrogen and oxygen atoms in total. The van der Waals surface area contributed by atoms with E-state index < -0.39 is 11.6 Å². The van der Waals surface area contributed by atoms with Crippen molar-refractivity contribution in [2.24, 2.45) is 0 Å². The molecular weight excluding hydrogens is 340 g/mol. The molecule has 0 unspecified atom stereocenters. The summed E-state index contributed by atoms with van der Waals surface area (Å²) in [6.07, 6.45) is 5.80. The topological polar surface area (TPSA) is 67.0 Å². The van der Waals surface area contributed by atoms with Crippen molar-refractivity contribution in [2.45, 2.75) is 57.1 Å². The number of carbonyl (C=O) groups is 1. The zero-order chi connectivity index (χ0) is 18.1. The van der Waals surface area contributed by atoms with E-state index in [4.69, 9.17) is 4.74 Å². The molecule has 1 fully saturated rings. The molecule has 4 rings (SSSR count). The fourth-order valence-electron chi connectivity index (χ4n) is 3.87. The van der Waals surface area contributed by atoms with E-state index in [1.807, 2.05) is 0 Å². The number of hydrogen-bond donors (Lipinski definition) is 2. The van der Waals surface area contributed by atoms with Crippen molar-refractivity contribution < 1.29 is 18.3 Å². The highest BCUT2D eigenvalue weighted by molar-refractivity contribution is 5.94. The number of fused-ring (bicyclic) bond motifs is 1. The van der Waals surface area contributed by atoms with Crippen molar-refractivity contribution in [1.82, 2.24) is 15.5 Å². The van der Waals surface area contributed by atoms with Crippen molar-refractivity contribution in [1.29, 1.82) is 0 Å². The highest BCUT2D eigenvalue weighted by Gasteiger charge is 2.27. The predicted molar refractivity (Wildman–Crippen MR) is 91.1 cm³/mol. The number of nitrogens with zero attached hydrogens (tertiary/aromatic N) is 1. The van der Waals surface area contributed by atoms with Gasteiger partial charge in [-0.1, -0.05) is 0 Å². The number of aromatic nitrogens is 2. The van der Waals surface area contributed by atoms with Crippen LogP contribution in [0, 0.1) is 11.6 Å². The average molecular weight is 361 g/mol. The maximum Gasteiger partial charge on any atom is 0.272 e. The molecule has 1 aromatic heterocycles. The van der Waals surface area contributed by atoms with E-state index in [1.165, 1.54) is 12.1 Å². The summed E-state index contributed by atoms with van der Waals surface area (Å²) >= 11 is 0. The normalized spacial score (nSPS) is 22.1. The van der Waals surface area contributed by atoms with Crippen LogP contribution in [0.4, 0.5) is 8.78 Å². The Kier molecular flexibility index (Phi) is 4.61. The molecule has 1 heterocycles. The van der Waals surface area contributed by atoms with Gasteiger partial charge in [0.2, 0.25) is 0 Å². The summed E-state index contributed by atoms with van der Waals surface area (Å²) in [5.41, 5.74) is 2.65. The number of nitrogens with one attached hydrogen (secondary N) is 2. The molecule has 0 radical (unpaired) electrons. The maximum atomic E-state index is 13.2. The van der Waals surface area contributed by atoms with Crippen LogP contribution in [0.1, 0.15) is 53.8 Å². The second-order valence-electron chi connectivity index (χ2n) is 7.05. The number of aromatic amines is 1. The number of aryl methyl sites for hydroxylation is 1. The third-order valence-corrected chi connectivity index (χ3v) is 5.17. The standard InChI is InChI=1S/C19H21F2N3O2/c20-11-8-12(21)10-15(9-11)26-14-6-4-13(5-7-14)22-19(25)18-16-2-1-3-17(16)23-24-18/h8-10,13-14H,1-7H2,(H,22,25)(H,23,24). The lowest BCUT2D eigenvalue weighted by atomic mass is 9.92. The summed E-state index contributed by atoms with van der Waals surface area (Å²) < 4.78 is 32.2. The summed E-state index contributed by atoms with van der Waals surface area (Å²) in [6.45, 7) is 0. The Balaban J connectivity index is 1.30. The van der Waals surface area contributed by atoms with E-state index in [0.29, 0.717) is 5.69 Å². The lowest BCUT2D eigenvalue weighted by Crippen LogP contribution is -2.40. The average Bonchev–Trinajstić information content (AvgIpc) is 3.19. The minimum atomic E-state index is -0.646. The molecule has 0 atom stereocenters. The molecule has 0 saturated heterocycles. The van der Waals surface area contributed by atoms with Gasteiger partial charge in [-0.25, -0.2) is 8.78 Å². The van der Waals surface area contributed by atoms with Gasteiger partial charge < -0.3 is 10.1 Å². The van der Waals surface area contributed by atoms with Gasteiger partial charge in [-0.2, -0.15) is 5.10 Å². The molecule has 138 valence electrons. The lowest BCUT2D eigenvalue weighted by molar-refractivity contribution is 0.0887. The van der Waals surface area contributed by atoms with Crippen LogP contribution in [0.2, 0.25) is 0 Å². The molecule has 1 aromatic carbocycles. The van der Waals surface area contributed by atoms with Gasteiger partial charge in [0.15, 0.2) is 5.69 Å². The summed E-state index contributed by atoms with van der Waals surface area (Å²) in [5, 5.41) is 10.2. The van der Waals surface area contributed by atoms with Crippen LogP contribution in [0.3, 0.4) is 0 Å². The lowest BCUT2D eigenvalue weighted by Gasteiger charge is -2.29. The molecule has 0 spiro atoms. The molecule has 0 bridgehead atoms. The summed E-state index contributed by atoms with van der Waals surface area (Å²) in [7, 11) is 0. The minimum absolute atomic E-state index is 0.0698. The number of carbonyl (C=O) groups excluding carboxylic acids is 1. The van der Waals surface area contributed by atoms with Crippen molar-refractivity contribution in [3.63, 3.8) is 0 Å². The number of amides is 1. The SMILES string of the molecule is O=C(NC1CCC(Oc2cc(F)cc(F)c2)CC1)c1n[nH]c2c1CCC2. The number of hydrogen-bond acceptors (Lipinski definition) is 3. The largest absolute Gasteiger partial charge is 0.490 e. The molecule has 7 heteroatoms. The fraction of sp³-hybridized carbons (Fsp3) is 0.474. The van der Waals surface area contributed by atoms with Crippen LogP contribution in [-0.4, -0.2) is 28.3 Å². The van der Waals surface area contributed by atoms with Gasteiger partial charge in [0.05, 0.1) is 6.10 Å². The first kappa shape index (κ1) is 17.0. The molecule has 2 aliphatic carbocycles. The van der Waals surface area contributed by atoms with E-state index in [0.717, 1.165) is 62.3 Å². The van der Waals surface area contributed by atoms with Crippen LogP contribution < -0.4 is 10.1 Å². The fourth-order valence-corrected chi connectivity index (χ4v) is 3.87. The van der Waals surface area contributed by atoms with E-state index in [-0.39, 0.29) is 23.8 Å². The minimum Gasteiger partial charge on any atom is -0.490 e. The van der Waals surface area contributed by atoms with Crippen molar-refractivity contribution in [2.75, 3.05) is 0 Å². The Bertz CT molecular complexity index is 793. The van der Waals surface area contributed by atoms with Crippen molar-refractivity contribution in [3.05, 3.63) is 46.8 Å². The first-order chi connectivity index (χ1) is 12.6. The number of rotatable bonds is 4. The zero-order valence-corrected chi connectivity index (χ0v) is 14.4. The number of H-pyrrole nitrogens is 1. The van der Waals surface area contributed by atoms with Crippen LogP contribution in [0.5, 0.6) is 5.75 Å². The van der Waals surface area contributed by atoms with Gasteiger partial charge in [0, 0.05) is 35.5 Å². The van der Waals surface area contributed by atoms with E-state index in [1.54, 1.807) is 0 Å². The van der Waals surface area contributed by atoms with Crippen LogP contribution >= 0.6 is 0 Å². The Morgan fingerprint density at radius 2 is 1.85 bits per heavy atom. The van der Waals surface area contributed by atoms with Gasteiger partial charge in [-0.3, -0.25) is 9.89 Å². The smallest absolute Gasteiger partial charge is 0.272 e. The second-order valence-corrected chi connectivity index (χ2v) is 7.05. The van der Waals surface area contributed by atoms with Gasteiger partial charge in [-0.05, 0) is 44.9 Å². The molecular formula is C19H21F2N3O2. The highest BCUT2D eigenvalue weighted by atomic mass is 19.1. The third kappa shape index (κ3) is 3.57. The van der Waals surface area contributed by atoms with E-state index in [9.17, 15) is 13.6 Å². The Morgan fingerprint density at radius 3 is 2.58 bits per heavy atom. The quantitative estimate of drug-likeness (QED) is 0.878. The third-order valence-electron chi connectivity index (χ3n) is 5.17. The van der Waals surface area contributed by atoms with Crippen molar-refractivity contribution in [3.8, 4) is 5.75 Å². The highest BCUT2D eigenvalue weighted by Crippen LogP contribution is 2.26. The monoisotopic (exact) mass is 361 g/mol. The first-order valence-corrected chi connectivity index (χ1v) is 9.08. The number of ether oxygens (including phenoxy) is 1. The van der Waals surface area contributed by atoms with Gasteiger partial charge in [0.1, 0.15) is 17.4 Å². The summed E-state index contributed by atoms with van der Waals surface area (Å²) in [4.78, 5) is 12.5. The van der Waals surface area contributed by atoms with E-state index >= 15 is 0 Å². The Morgan fingerprint density at radius 1 is 1.12 bits per heavy atom. The van der Waals surface area contributed by atoms with Crippen LogP contribution in [0.25, 0.3) is 0 Å².